The second-order valence-electron chi connectivity index (χ2n) is 4.69. The quantitative estimate of drug-likeness (QED) is 0.734. The Hall–Kier alpha value is -0.0800. The van der Waals surface area contributed by atoms with Gasteiger partial charge in [0.15, 0.2) is 0 Å². The molecule has 0 amide bonds. The van der Waals surface area contributed by atoms with Crippen molar-refractivity contribution in [2.24, 2.45) is 11.7 Å². The molecule has 1 fully saturated rings. The van der Waals surface area contributed by atoms with Gasteiger partial charge in [0.25, 0.3) is 0 Å². The van der Waals surface area contributed by atoms with Crippen LogP contribution in [0.2, 0.25) is 0 Å². The van der Waals surface area contributed by atoms with Gasteiger partial charge in [-0.15, -0.1) is 0 Å². The largest absolute Gasteiger partial charge is 0.330 e. The fourth-order valence-corrected chi connectivity index (χ4v) is 2.52. The molecule has 1 rings (SSSR count). The monoisotopic (exact) mass is 198 g/mol. The molecule has 0 aromatic carbocycles. The van der Waals surface area contributed by atoms with E-state index >= 15 is 0 Å². The van der Waals surface area contributed by atoms with Crippen molar-refractivity contribution >= 4 is 0 Å². The first-order chi connectivity index (χ1) is 6.77. The summed E-state index contributed by atoms with van der Waals surface area (Å²) >= 11 is 0. The van der Waals surface area contributed by atoms with Crippen LogP contribution in [0.4, 0.5) is 0 Å². The summed E-state index contributed by atoms with van der Waals surface area (Å²) in [6.07, 6.45) is 6.62. The Morgan fingerprint density at radius 3 is 2.50 bits per heavy atom. The maximum Gasteiger partial charge on any atom is 0.00668 e. The van der Waals surface area contributed by atoms with Crippen molar-refractivity contribution in [3.63, 3.8) is 0 Å². The van der Waals surface area contributed by atoms with Crippen LogP contribution in [0.15, 0.2) is 0 Å². The van der Waals surface area contributed by atoms with Crippen LogP contribution in [0.5, 0.6) is 0 Å². The molecule has 1 saturated heterocycles. The van der Waals surface area contributed by atoms with Gasteiger partial charge in [0, 0.05) is 6.04 Å². The molecule has 2 nitrogen and oxygen atoms in total. The zero-order valence-corrected chi connectivity index (χ0v) is 9.84. The highest BCUT2D eigenvalue weighted by atomic mass is 15.2. The van der Waals surface area contributed by atoms with E-state index in [-0.39, 0.29) is 0 Å². The van der Waals surface area contributed by atoms with Crippen molar-refractivity contribution in [3.05, 3.63) is 0 Å². The van der Waals surface area contributed by atoms with E-state index in [0.717, 1.165) is 18.5 Å². The van der Waals surface area contributed by atoms with Crippen molar-refractivity contribution in [1.82, 2.24) is 4.90 Å². The normalized spacial score (nSPS) is 22.5. The minimum atomic E-state index is 0.791. The average Bonchev–Trinajstić information content (AvgIpc) is 2.20. The van der Waals surface area contributed by atoms with Gasteiger partial charge in [-0.2, -0.15) is 0 Å². The predicted molar refractivity (Wildman–Crippen MR) is 62.3 cm³/mol. The van der Waals surface area contributed by atoms with E-state index in [2.05, 4.69) is 18.7 Å². The molecule has 0 aromatic heterocycles. The number of nitrogens with two attached hydrogens (primary N) is 1. The van der Waals surface area contributed by atoms with E-state index in [0.29, 0.717) is 0 Å². The number of likely N-dealkylation sites (tertiary alicyclic amines) is 1. The number of hydrogen-bond acceptors (Lipinski definition) is 2. The third-order valence-electron chi connectivity index (χ3n) is 3.55. The summed E-state index contributed by atoms with van der Waals surface area (Å²) in [7, 11) is 0. The fraction of sp³-hybridized carbons (Fsp3) is 1.00. The molecular weight excluding hydrogens is 172 g/mol. The summed E-state index contributed by atoms with van der Waals surface area (Å²) < 4.78 is 0. The minimum Gasteiger partial charge on any atom is -0.330 e. The number of piperidine rings is 1. The zero-order chi connectivity index (χ0) is 10.4. The summed E-state index contributed by atoms with van der Waals surface area (Å²) in [5.74, 6) is 0.907. The lowest BCUT2D eigenvalue weighted by molar-refractivity contribution is 0.132. The van der Waals surface area contributed by atoms with Crippen molar-refractivity contribution in [2.75, 3.05) is 19.6 Å². The molecule has 1 aliphatic heterocycles. The summed E-state index contributed by atoms with van der Waals surface area (Å²) in [4.78, 5) is 2.65. The van der Waals surface area contributed by atoms with Gasteiger partial charge in [-0.25, -0.2) is 0 Å². The molecule has 2 N–H and O–H groups in total. The summed E-state index contributed by atoms with van der Waals surface area (Å²) in [5, 5.41) is 0. The molecule has 1 heterocycles. The number of nitrogens with zero attached hydrogens (tertiary/aromatic N) is 1. The standard InChI is InChI=1S/C12H26N2/c1-3-4-11(2)14-9-6-12(5-8-13)7-10-14/h11-12H,3-10,13H2,1-2H3. The van der Waals surface area contributed by atoms with E-state index in [1.54, 1.807) is 0 Å². The number of rotatable bonds is 5. The lowest BCUT2D eigenvalue weighted by Crippen LogP contribution is -2.40. The zero-order valence-electron chi connectivity index (χ0n) is 9.84. The average molecular weight is 198 g/mol. The van der Waals surface area contributed by atoms with Gasteiger partial charge in [-0.05, 0) is 58.2 Å². The van der Waals surface area contributed by atoms with E-state index < -0.39 is 0 Å². The van der Waals surface area contributed by atoms with Crippen LogP contribution in [-0.2, 0) is 0 Å². The predicted octanol–water partition coefficient (Wildman–Crippen LogP) is 2.24. The molecular formula is C12H26N2. The Morgan fingerprint density at radius 1 is 1.36 bits per heavy atom. The van der Waals surface area contributed by atoms with Gasteiger partial charge in [0.1, 0.15) is 0 Å². The molecule has 0 aliphatic carbocycles. The lowest BCUT2D eigenvalue weighted by atomic mass is 9.92. The van der Waals surface area contributed by atoms with Crippen molar-refractivity contribution in [2.45, 2.75) is 52.0 Å². The maximum absolute atomic E-state index is 5.59. The smallest absolute Gasteiger partial charge is 0.00668 e. The van der Waals surface area contributed by atoms with Crippen LogP contribution < -0.4 is 5.73 Å². The molecule has 1 unspecified atom stereocenters. The van der Waals surface area contributed by atoms with Crippen LogP contribution in [-0.4, -0.2) is 30.6 Å². The second-order valence-corrected chi connectivity index (χ2v) is 4.69. The molecule has 0 radical (unpaired) electrons. The van der Waals surface area contributed by atoms with Gasteiger partial charge in [-0.3, -0.25) is 0 Å². The van der Waals surface area contributed by atoms with E-state index in [9.17, 15) is 0 Å². The summed E-state index contributed by atoms with van der Waals surface area (Å²) in [5.41, 5.74) is 5.59. The Morgan fingerprint density at radius 2 is 2.00 bits per heavy atom. The molecule has 84 valence electrons. The Kier molecular flexibility index (Phi) is 5.49. The van der Waals surface area contributed by atoms with Crippen LogP contribution in [0.3, 0.4) is 0 Å². The van der Waals surface area contributed by atoms with Crippen molar-refractivity contribution < 1.29 is 0 Å². The molecule has 2 heteroatoms. The van der Waals surface area contributed by atoms with E-state index in [1.165, 1.54) is 45.2 Å². The second kappa shape index (κ2) is 6.41. The molecule has 1 aliphatic rings. The number of hydrogen-bond donors (Lipinski definition) is 1. The van der Waals surface area contributed by atoms with Gasteiger partial charge in [0.2, 0.25) is 0 Å². The van der Waals surface area contributed by atoms with Crippen molar-refractivity contribution in [3.8, 4) is 0 Å². The first-order valence-corrected chi connectivity index (χ1v) is 6.22. The topological polar surface area (TPSA) is 29.3 Å². The Labute approximate surface area is 88.8 Å². The Bertz CT molecular complexity index is 139. The molecule has 0 spiro atoms. The molecule has 0 bridgehead atoms. The molecule has 0 saturated carbocycles. The highest BCUT2D eigenvalue weighted by Crippen LogP contribution is 2.22. The van der Waals surface area contributed by atoms with Gasteiger partial charge < -0.3 is 10.6 Å². The lowest BCUT2D eigenvalue weighted by Gasteiger charge is -2.36. The van der Waals surface area contributed by atoms with Crippen LogP contribution in [0.25, 0.3) is 0 Å². The SMILES string of the molecule is CCCC(C)N1CCC(CCN)CC1. The summed E-state index contributed by atoms with van der Waals surface area (Å²) in [6.45, 7) is 8.11. The fourth-order valence-electron chi connectivity index (χ4n) is 2.52. The minimum absolute atomic E-state index is 0.791. The van der Waals surface area contributed by atoms with E-state index in [1.807, 2.05) is 0 Å². The van der Waals surface area contributed by atoms with Crippen LogP contribution in [0.1, 0.15) is 46.0 Å². The summed E-state index contributed by atoms with van der Waals surface area (Å²) in [6, 6.07) is 0.791. The third kappa shape index (κ3) is 3.58. The van der Waals surface area contributed by atoms with Crippen LogP contribution in [0, 0.1) is 5.92 Å². The van der Waals surface area contributed by atoms with E-state index in [4.69, 9.17) is 5.73 Å². The first kappa shape index (κ1) is 12.0. The maximum atomic E-state index is 5.59. The Balaban J connectivity index is 2.21. The molecule has 1 atom stereocenters. The highest BCUT2D eigenvalue weighted by molar-refractivity contribution is 4.76. The molecule has 0 aromatic rings. The first-order valence-electron chi connectivity index (χ1n) is 6.22. The molecule has 14 heavy (non-hydrogen) atoms. The van der Waals surface area contributed by atoms with Crippen molar-refractivity contribution in [1.29, 1.82) is 0 Å². The third-order valence-corrected chi connectivity index (χ3v) is 3.55. The highest BCUT2D eigenvalue weighted by Gasteiger charge is 2.21. The van der Waals surface area contributed by atoms with Gasteiger partial charge in [-0.1, -0.05) is 13.3 Å². The van der Waals surface area contributed by atoms with Gasteiger partial charge >= 0.3 is 0 Å². The van der Waals surface area contributed by atoms with Gasteiger partial charge in [0.05, 0.1) is 0 Å². The van der Waals surface area contributed by atoms with Crippen LogP contribution >= 0.6 is 0 Å².